The van der Waals surface area contributed by atoms with Gasteiger partial charge in [-0.2, -0.15) is 0 Å². The first-order valence-corrected chi connectivity index (χ1v) is 6.81. The van der Waals surface area contributed by atoms with Crippen molar-refractivity contribution in [3.8, 4) is 0 Å². The van der Waals surface area contributed by atoms with Gasteiger partial charge in [-0.15, -0.1) is 0 Å². The van der Waals surface area contributed by atoms with Crippen molar-refractivity contribution in [1.82, 2.24) is 10.2 Å². The highest BCUT2D eigenvalue weighted by molar-refractivity contribution is 4.99. The van der Waals surface area contributed by atoms with E-state index in [9.17, 15) is 4.39 Å². The van der Waals surface area contributed by atoms with Crippen molar-refractivity contribution in [3.63, 3.8) is 0 Å². The molecule has 1 N–H and O–H groups in total. The summed E-state index contributed by atoms with van der Waals surface area (Å²) < 4.78 is 12.4. The highest BCUT2D eigenvalue weighted by Gasteiger charge is 2.40. The second kappa shape index (κ2) is 5.46. The average Bonchev–Trinajstić information content (AvgIpc) is 2.32. The molecule has 1 aliphatic heterocycles. The van der Waals surface area contributed by atoms with Crippen molar-refractivity contribution in [1.29, 1.82) is 0 Å². The van der Waals surface area contributed by atoms with Crippen molar-refractivity contribution >= 4 is 0 Å². The number of nitrogens with one attached hydrogen (secondary N) is 1. The summed E-state index contributed by atoms with van der Waals surface area (Å²) in [5.41, 5.74) is 0.361. The molecule has 1 atom stereocenters. The Morgan fingerprint density at radius 1 is 1.31 bits per heavy atom. The molecule has 1 saturated heterocycles. The van der Waals surface area contributed by atoms with E-state index in [4.69, 9.17) is 0 Å². The van der Waals surface area contributed by atoms with Gasteiger partial charge in [0.25, 0.3) is 0 Å². The number of rotatable bonds is 3. The molecule has 0 amide bonds. The first kappa shape index (κ1) is 12.3. The molecule has 0 aromatic rings. The number of halogens is 1. The van der Waals surface area contributed by atoms with E-state index in [2.05, 4.69) is 17.1 Å². The fraction of sp³-hybridized carbons (Fsp3) is 1.00. The zero-order valence-electron chi connectivity index (χ0n) is 10.5. The summed E-state index contributed by atoms with van der Waals surface area (Å²) in [6, 6.07) is 0.562. The van der Waals surface area contributed by atoms with E-state index >= 15 is 0 Å². The molecule has 2 rings (SSSR count). The monoisotopic (exact) mass is 228 g/mol. The molecule has 1 heterocycles. The van der Waals surface area contributed by atoms with Gasteiger partial charge in [-0.25, -0.2) is 0 Å². The SMILES string of the molecule is CC1CN(CCCF)C2(CCCCC2)CN1. The van der Waals surface area contributed by atoms with E-state index in [0.717, 1.165) is 19.6 Å². The Balaban J connectivity index is 2.00. The molecule has 2 nitrogen and oxygen atoms in total. The third-order valence-electron chi connectivity index (χ3n) is 4.29. The Bertz CT molecular complexity index is 214. The number of hydrogen-bond acceptors (Lipinski definition) is 2. The second-order valence-electron chi connectivity index (χ2n) is 5.56. The van der Waals surface area contributed by atoms with Crippen LogP contribution in [-0.2, 0) is 0 Å². The average molecular weight is 228 g/mol. The molecule has 16 heavy (non-hydrogen) atoms. The van der Waals surface area contributed by atoms with Crippen LogP contribution in [-0.4, -0.2) is 42.8 Å². The molecule has 2 aliphatic rings. The molecule has 3 heteroatoms. The molecule has 0 aromatic carbocycles. The standard InChI is InChI=1S/C13H25FN2/c1-12-10-16(9-5-8-14)13(11-15-12)6-3-2-4-7-13/h12,15H,2-11H2,1H3. The normalized spacial score (nSPS) is 30.8. The Labute approximate surface area is 98.6 Å². The van der Waals surface area contributed by atoms with Crippen LogP contribution >= 0.6 is 0 Å². The number of nitrogens with zero attached hydrogens (tertiary/aromatic N) is 1. The van der Waals surface area contributed by atoms with Gasteiger partial charge >= 0.3 is 0 Å². The minimum absolute atomic E-state index is 0.172. The van der Waals surface area contributed by atoms with Gasteiger partial charge in [-0.3, -0.25) is 9.29 Å². The van der Waals surface area contributed by atoms with Crippen molar-refractivity contribution in [3.05, 3.63) is 0 Å². The molecular formula is C13H25FN2. The number of piperazine rings is 1. The van der Waals surface area contributed by atoms with Crippen molar-refractivity contribution in [2.75, 3.05) is 26.3 Å². The predicted octanol–water partition coefficient (Wildman–Crippen LogP) is 2.34. The predicted molar refractivity (Wildman–Crippen MR) is 65.4 cm³/mol. The van der Waals surface area contributed by atoms with Crippen molar-refractivity contribution < 1.29 is 4.39 Å². The van der Waals surface area contributed by atoms with E-state index < -0.39 is 0 Å². The molecule has 94 valence electrons. The lowest BCUT2D eigenvalue weighted by Crippen LogP contribution is -2.64. The Morgan fingerprint density at radius 3 is 2.75 bits per heavy atom. The van der Waals surface area contributed by atoms with E-state index in [1.165, 1.54) is 32.1 Å². The molecule has 1 unspecified atom stereocenters. The number of alkyl halides is 1. The quantitative estimate of drug-likeness (QED) is 0.797. The second-order valence-corrected chi connectivity index (χ2v) is 5.56. The maximum absolute atomic E-state index is 12.4. The van der Waals surface area contributed by atoms with Gasteiger partial charge in [0.1, 0.15) is 0 Å². The molecule has 1 spiro atoms. The van der Waals surface area contributed by atoms with Gasteiger partial charge < -0.3 is 5.32 Å². The lowest BCUT2D eigenvalue weighted by molar-refractivity contribution is 0.0109. The zero-order valence-corrected chi connectivity index (χ0v) is 10.5. The molecule has 2 fully saturated rings. The van der Waals surface area contributed by atoms with Crippen LogP contribution in [0.1, 0.15) is 45.4 Å². The van der Waals surface area contributed by atoms with Crippen LogP contribution in [0.5, 0.6) is 0 Å². The third kappa shape index (κ3) is 2.57. The molecular weight excluding hydrogens is 203 g/mol. The maximum atomic E-state index is 12.4. The summed E-state index contributed by atoms with van der Waals surface area (Å²) in [4.78, 5) is 2.58. The van der Waals surface area contributed by atoms with Gasteiger partial charge in [0.2, 0.25) is 0 Å². The minimum atomic E-state index is -0.172. The molecule has 0 radical (unpaired) electrons. The molecule has 1 saturated carbocycles. The minimum Gasteiger partial charge on any atom is -0.311 e. The zero-order chi connectivity index (χ0) is 11.4. The van der Waals surface area contributed by atoms with E-state index in [1.807, 2.05) is 0 Å². The van der Waals surface area contributed by atoms with Gasteiger partial charge in [-0.1, -0.05) is 19.3 Å². The molecule has 0 aromatic heterocycles. The van der Waals surface area contributed by atoms with Gasteiger partial charge in [0.05, 0.1) is 6.67 Å². The lowest BCUT2D eigenvalue weighted by Gasteiger charge is -2.51. The van der Waals surface area contributed by atoms with Crippen LogP contribution in [0.15, 0.2) is 0 Å². The van der Waals surface area contributed by atoms with Crippen LogP contribution in [0, 0.1) is 0 Å². The van der Waals surface area contributed by atoms with Gasteiger partial charge in [0.15, 0.2) is 0 Å². The summed E-state index contributed by atoms with van der Waals surface area (Å²) in [5.74, 6) is 0. The van der Waals surface area contributed by atoms with Crippen LogP contribution in [0.3, 0.4) is 0 Å². The van der Waals surface area contributed by atoms with E-state index in [0.29, 0.717) is 18.0 Å². The molecule has 0 bridgehead atoms. The largest absolute Gasteiger partial charge is 0.311 e. The van der Waals surface area contributed by atoms with Crippen LogP contribution in [0.2, 0.25) is 0 Å². The van der Waals surface area contributed by atoms with Crippen molar-refractivity contribution in [2.24, 2.45) is 0 Å². The lowest BCUT2D eigenvalue weighted by atomic mass is 9.78. The topological polar surface area (TPSA) is 15.3 Å². The first-order chi connectivity index (χ1) is 7.77. The smallest absolute Gasteiger partial charge is 0.0906 e. The summed E-state index contributed by atoms with van der Waals surface area (Å²) in [6.45, 7) is 5.22. The fourth-order valence-electron chi connectivity index (χ4n) is 3.35. The molecule has 1 aliphatic carbocycles. The van der Waals surface area contributed by atoms with Crippen LogP contribution in [0.25, 0.3) is 0 Å². The van der Waals surface area contributed by atoms with Gasteiger partial charge in [0, 0.05) is 31.2 Å². The van der Waals surface area contributed by atoms with Crippen LogP contribution < -0.4 is 5.32 Å². The fourth-order valence-corrected chi connectivity index (χ4v) is 3.35. The van der Waals surface area contributed by atoms with E-state index in [-0.39, 0.29) is 6.67 Å². The Kier molecular flexibility index (Phi) is 4.20. The maximum Gasteiger partial charge on any atom is 0.0906 e. The van der Waals surface area contributed by atoms with Gasteiger partial charge in [-0.05, 0) is 26.2 Å². The Hall–Kier alpha value is -0.150. The van der Waals surface area contributed by atoms with Crippen LogP contribution in [0.4, 0.5) is 4.39 Å². The Morgan fingerprint density at radius 2 is 2.06 bits per heavy atom. The summed E-state index contributed by atoms with van der Waals surface area (Å²) in [5, 5.41) is 3.61. The van der Waals surface area contributed by atoms with E-state index in [1.54, 1.807) is 0 Å². The highest BCUT2D eigenvalue weighted by atomic mass is 19.1. The number of hydrogen-bond donors (Lipinski definition) is 1. The third-order valence-corrected chi connectivity index (χ3v) is 4.29. The summed E-state index contributed by atoms with van der Waals surface area (Å²) >= 11 is 0. The van der Waals surface area contributed by atoms with Crippen molar-refractivity contribution in [2.45, 2.75) is 57.0 Å². The summed E-state index contributed by atoms with van der Waals surface area (Å²) in [7, 11) is 0. The highest BCUT2D eigenvalue weighted by Crippen LogP contribution is 2.35. The first-order valence-electron chi connectivity index (χ1n) is 6.81. The summed E-state index contributed by atoms with van der Waals surface area (Å²) in [6.07, 6.45) is 7.39.